The summed E-state index contributed by atoms with van der Waals surface area (Å²) in [5.74, 6) is -6.04. The van der Waals surface area contributed by atoms with Crippen molar-refractivity contribution in [2.45, 2.75) is 32.1 Å². The number of ether oxygens (including phenoxy) is 1. The topological polar surface area (TPSA) is 243 Å². The number of hydroxylamine groups is 4. The molecule has 2 fully saturated rings. The van der Waals surface area contributed by atoms with Gasteiger partial charge in [-0.15, -0.1) is 5.06 Å². The number of amides is 7. The van der Waals surface area contributed by atoms with Crippen molar-refractivity contribution in [2.24, 2.45) is 0 Å². The average Bonchev–Trinajstić information content (AvgIpc) is 3.48. The Morgan fingerprint density at radius 2 is 1.38 bits per heavy atom. The molecule has 7 amide bonds. The first-order valence-corrected chi connectivity index (χ1v) is 13.3. The second-order valence-electron chi connectivity index (χ2n) is 8.27. The molecule has 0 bridgehead atoms. The van der Waals surface area contributed by atoms with E-state index in [2.05, 4.69) is 0 Å². The van der Waals surface area contributed by atoms with Gasteiger partial charge in [-0.25, -0.2) is 4.79 Å². The van der Waals surface area contributed by atoms with Gasteiger partial charge in [0.2, 0.25) is 5.91 Å². The number of nitrogens with zero attached hydrogens (tertiary/aromatic N) is 4. The van der Waals surface area contributed by atoms with E-state index < -0.39 is 76.2 Å². The quantitative estimate of drug-likeness (QED) is 0.101. The van der Waals surface area contributed by atoms with Gasteiger partial charge >= 0.3 is 5.97 Å². The Balaban J connectivity index is 0.000000598. The summed E-state index contributed by atoms with van der Waals surface area (Å²) >= 11 is 0. The predicted octanol–water partition coefficient (Wildman–Crippen LogP) is -2.83. The van der Waals surface area contributed by atoms with Crippen molar-refractivity contribution < 1.29 is 66.1 Å². The lowest BCUT2D eigenvalue weighted by Gasteiger charge is -2.24. The summed E-state index contributed by atoms with van der Waals surface area (Å²) in [5, 5.41) is 8.93. The molecule has 0 spiro atoms. The molecular weight excluding hydrogens is 564 g/mol. The van der Waals surface area contributed by atoms with Gasteiger partial charge in [-0.3, -0.25) is 48.2 Å². The van der Waals surface area contributed by atoms with Gasteiger partial charge < -0.3 is 14.5 Å². The first-order valence-electron chi connectivity index (χ1n) is 11.6. The highest BCUT2D eigenvalue weighted by molar-refractivity contribution is 7.85. The number of rotatable bonds is 12. The van der Waals surface area contributed by atoms with Gasteiger partial charge in [0.25, 0.3) is 45.6 Å². The van der Waals surface area contributed by atoms with E-state index >= 15 is 0 Å². The fourth-order valence-electron chi connectivity index (χ4n) is 3.22. The number of carbonyl (C=O) groups is 8. The van der Waals surface area contributed by atoms with Crippen molar-refractivity contribution in [3.63, 3.8) is 0 Å². The van der Waals surface area contributed by atoms with Crippen LogP contribution in [0.5, 0.6) is 0 Å². The first-order chi connectivity index (χ1) is 18.7. The molecule has 3 heterocycles. The van der Waals surface area contributed by atoms with Crippen molar-refractivity contribution >= 4 is 57.4 Å². The lowest BCUT2D eigenvalue weighted by Crippen LogP contribution is -2.45. The molecule has 0 aliphatic carbocycles. The van der Waals surface area contributed by atoms with Crippen LogP contribution in [-0.2, 0) is 58.0 Å². The summed E-state index contributed by atoms with van der Waals surface area (Å²) in [4.78, 5) is 97.8. The molecule has 0 aromatic carbocycles. The molecule has 3 rings (SSSR count). The monoisotopic (exact) mass is 590 g/mol. The lowest BCUT2D eigenvalue weighted by atomic mass is 10.3. The smallest absolute Gasteiger partial charge is 0.334 e. The van der Waals surface area contributed by atoms with Crippen LogP contribution in [0.25, 0.3) is 0 Å². The number of hydrogen-bond donors (Lipinski definition) is 2. The van der Waals surface area contributed by atoms with Crippen LogP contribution in [-0.4, -0.2) is 124 Å². The van der Waals surface area contributed by atoms with E-state index in [-0.39, 0.29) is 57.0 Å². The van der Waals surface area contributed by atoms with E-state index in [4.69, 9.17) is 19.3 Å². The van der Waals surface area contributed by atoms with Crippen LogP contribution in [0, 0.1) is 0 Å². The predicted molar refractivity (Wildman–Crippen MR) is 124 cm³/mol. The van der Waals surface area contributed by atoms with Gasteiger partial charge in [0.15, 0.2) is 0 Å². The van der Waals surface area contributed by atoms with E-state index in [9.17, 15) is 46.8 Å². The molecule has 220 valence electrons. The van der Waals surface area contributed by atoms with Crippen LogP contribution in [0.1, 0.15) is 32.1 Å². The molecule has 0 aromatic heterocycles. The number of hydrogen-bond acceptors (Lipinski definition) is 13. The molecular formula is C21H26N4O14S. The molecule has 0 radical (unpaired) electrons. The maximum absolute atomic E-state index is 12.6. The fraction of sp³-hybridized carbons (Fsp3) is 0.524. The molecule has 0 saturated carbocycles. The standard InChI is InChI=1S/C17H21N3O11S.C4H5NO3/c21-12-1-2-13(22)19(12)11-16(25)18(7-8-30-9-10-32(27,28)29)6-5-17(26)31-20-14(23)3-4-15(20)24;6-3-1-2-4(7)5(3)8/h1-2H,3-11H2,(H,27,28,29);8H,1-2H2. The molecule has 2 N–H and O–H groups in total. The van der Waals surface area contributed by atoms with Crippen molar-refractivity contribution in [1.82, 2.24) is 19.9 Å². The molecule has 0 atom stereocenters. The summed E-state index contributed by atoms with van der Waals surface area (Å²) in [6.07, 6.45) is 1.71. The maximum Gasteiger partial charge on any atom is 0.334 e. The Morgan fingerprint density at radius 3 is 1.85 bits per heavy atom. The van der Waals surface area contributed by atoms with E-state index in [0.29, 0.717) is 9.96 Å². The highest BCUT2D eigenvalue weighted by atomic mass is 32.2. The summed E-state index contributed by atoms with van der Waals surface area (Å²) in [6.45, 7) is -1.55. The Kier molecular flexibility index (Phi) is 11.5. The van der Waals surface area contributed by atoms with Crippen molar-refractivity contribution in [2.75, 3.05) is 38.6 Å². The summed E-state index contributed by atoms with van der Waals surface area (Å²) in [6, 6.07) is 0. The van der Waals surface area contributed by atoms with E-state index in [1.54, 1.807) is 0 Å². The Labute approximate surface area is 226 Å². The molecule has 40 heavy (non-hydrogen) atoms. The van der Waals surface area contributed by atoms with Gasteiger partial charge in [0, 0.05) is 50.9 Å². The van der Waals surface area contributed by atoms with Crippen molar-refractivity contribution in [3.05, 3.63) is 12.2 Å². The van der Waals surface area contributed by atoms with Crippen LogP contribution in [0.4, 0.5) is 0 Å². The van der Waals surface area contributed by atoms with Gasteiger partial charge in [0.1, 0.15) is 6.54 Å². The van der Waals surface area contributed by atoms with Gasteiger partial charge in [-0.1, -0.05) is 0 Å². The van der Waals surface area contributed by atoms with Crippen LogP contribution in [0.3, 0.4) is 0 Å². The zero-order chi connectivity index (χ0) is 30.0. The fourth-order valence-corrected chi connectivity index (χ4v) is 3.55. The Morgan fingerprint density at radius 1 is 0.850 bits per heavy atom. The average molecular weight is 591 g/mol. The second-order valence-corrected chi connectivity index (χ2v) is 9.84. The third-order valence-electron chi connectivity index (χ3n) is 5.35. The zero-order valence-electron chi connectivity index (χ0n) is 20.9. The Hall–Kier alpha value is -4.07. The summed E-state index contributed by atoms with van der Waals surface area (Å²) < 4.78 is 35.1. The van der Waals surface area contributed by atoms with E-state index in [1.807, 2.05) is 0 Å². The third kappa shape index (κ3) is 9.91. The minimum Gasteiger partial charge on any atom is -0.378 e. The second kappa shape index (κ2) is 14.4. The molecule has 2 saturated heterocycles. The van der Waals surface area contributed by atoms with Crippen LogP contribution in [0.2, 0.25) is 0 Å². The third-order valence-corrected chi connectivity index (χ3v) is 6.03. The molecule has 3 aliphatic heterocycles. The summed E-state index contributed by atoms with van der Waals surface area (Å²) in [7, 11) is -4.23. The first kappa shape index (κ1) is 32.1. The maximum atomic E-state index is 12.6. The number of imide groups is 3. The number of carbonyl (C=O) groups excluding carboxylic acids is 8. The zero-order valence-corrected chi connectivity index (χ0v) is 21.7. The van der Waals surface area contributed by atoms with Crippen LogP contribution < -0.4 is 0 Å². The van der Waals surface area contributed by atoms with Gasteiger partial charge in [-0.2, -0.15) is 13.5 Å². The molecule has 0 unspecified atom stereocenters. The van der Waals surface area contributed by atoms with Crippen LogP contribution >= 0.6 is 0 Å². The highest BCUT2D eigenvalue weighted by Crippen LogP contribution is 2.13. The Bertz CT molecular complexity index is 1160. The van der Waals surface area contributed by atoms with Gasteiger partial charge in [-0.05, 0) is 0 Å². The molecule has 0 aromatic rings. The minimum absolute atomic E-state index is 0.0798. The lowest BCUT2D eigenvalue weighted by molar-refractivity contribution is -0.197. The summed E-state index contributed by atoms with van der Waals surface area (Å²) in [5.41, 5.74) is 0. The minimum atomic E-state index is -4.23. The normalized spacial score (nSPS) is 17.1. The molecule has 3 aliphatic rings. The van der Waals surface area contributed by atoms with Crippen LogP contribution in [0.15, 0.2) is 12.2 Å². The van der Waals surface area contributed by atoms with E-state index in [1.165, 1.54) is 0 Å². The SMILES string of the molecule is O=C(CCN(CCOCCS(=O)(=O)O)C(=O)CN1C(=O)C=CC1=O)ON1C(=O)CCC1=O.O=C1CCC(=O)N1O. The highest BCUT2D eigenvalue weighted by Gasteiger charge is 2.33. The van der Waals surface area contributed by atoms with Gasteiger partial charge in [0.05, 0.1) is 25.4 Å². The largest absolute Gasteiger partial charge is 0.378 e. The van der Waals surface area contributed by atoms with E-state index in [0.717, 1.165) is 17.1 Å². The van der Waals surface area contributed by atoms with Crippen molar-refractivity contribution in [1.29, 1.82) is 0 Å². The van der Waals surface area contributed by atoms with Crippen molar-refractivity contribution in [3.8, 4) is 0 Å². The molecule has 18 nitrogen and oxygen atoms in total. The molecule has 19 heteroatoms.